The zero-order valence-electron chi connectivity index (χ0n) is 13.8. The molecule has 1 aliphatic heterocycles. The quantitative estimate of drug-likeness (QED) is 0.861. The number of hydrogen-bond acceptors (Lipinski definition) is 3. The number of rotatable bonds is 3. The molecule has 25 heavy (non-hydrogen) atoms. The fourth-order valence-electron chi connectivity index (χ4n) is 3.49. The second-order valence-electron chi connectivity index (χ2n) is 6.65. The van der Waals surface area contributed by atoms with E-state index in [2.05, 4.69) is 0 Å². The molecule has 4 rings (SSSR count). The molecular weight excluding hydrogens is 323 g/mol. The first-order valence-electron chi connectivity index (χ1n) is 8.48. The predicted molar refractivity (Wildman–Crippen MR) is 88.5 cm³/mol. The number of furan rings is 1. The third-order valence-electron chi connectivity index (χ3n) is 5.14. The van der Waals surface area contributed by atoms with Crippen molar-refractivity contribution in [3.8, 4) is 0 Å². The van der Waals surface area contributed by atoms with Gasteiger partial charge in [-0.15, -0.1) is 0 Å². The van der Waals surface area contributed by atoms with Crippen LogP contribution in [0.2, 0.25) is 0 Å². The molecule has 0 unspecified atom stereocenters. The molecule has 1 aromatic carbocycles. The van der Waals surface area contributed by atoms with Crippen molar-refractivity contribution in [2.24, 2.45) is 0 Å². The van der Waals surface area contributed by atoms with Crippen LogP contribution in [0.1, 0.15) is 29.0 Å². The topological polar surface area (TPSA) is 53.8 Å². The third-order valence-corrected chi connectivity index (χ3v) is 5.14. The fourth-order valence-corrected chi connectivity index (χ4v) is 3.49. The van der Waals surface area contributed by atoms with E-state index in [9.17, 15) is 14.0 Å². The number of benzene rings is 1. The van der Waals surface area contributed by atoms with Crippen LogP contribution in [0, 0.1) is 5.82 Å². The molecule has 2 heterocycles. The van der Waals surface area contributed by atoms with Crippen LogP contribution < -0.4 is 0 Å². The lowest BCUT2D eigenvalue weighted by atomic mass is 9.94. The lowest BCUT2D eigenvalue weighted by Crippen LogP contribution is -2.52. The molecule has 2 fully saturated rings. The van der Waals surface area contributed by atoms with Crippen LogP contribution >= 0.6 is 0 Å². The van der Waals surface area contributed by atoms with Crippen molar-refractivity contribution in [3.05, 3.63) is 59.8 Å². The van der Waals surface area contributed by atoms with E-state index in [1.165, 1.54) is 18.4 Å². The highest BCUT2D eigenvalue weighted by Crippen LogP contribution is 2.49. The molecule has 1 saturated carbocycles. The van der Waals surface area contributed by atoms with E-state index in [0.717, 1.165) is 18.4 Å². The maximum atomic E-state index is 13.1. The van der Waals surface area contributed by atoms with Gasteiger partial charge in [0.2, 0.25) is 5.91 Å². The number of nitrogens with zero attached hydrogens (tertiary/aromatic N) is 2. The molecule has 2 amide bonds. The average Bonchev–Trinajstić information content (AvgIpc) is 3.27. The van der Waals surface area contributed by atoms with Gasteiger partial charge in [-0.05, 0) is 42.7 Å². The van der Waals surface area contributed by atoms with Gasteiger partial charge in [0, 0.05) is 26.2 Å². The van der Waals surface area contributed by atoms with Crippen LogP contribution in [0.15, 0.2) is 47.1 Å². The predicted octanol–water partition coefficient (Wildman–Crippen LogP) is 2.43. The largest absolute Gasteiger partial charge is 0.459 e. The number of hydrogen-bond donors (Lipinski definition) is 0. The summed E-state index contributed by atoms with van der Waals surface area (Å²) in [6.07, 6.45) is 3.07. The first-order chi connectivity index (χ1) is 12.1. The average molecular weight is 342 g/mol. The van der Waals surface area contributed by atoms with Gasteiger partial charge in [0.25, 0.3) is 5.91 Å². The molecule has 130 valence electrons. The van der Waals surface area contributed by atoms with Gasteiger partial charge in [-0.25, -0.2) is 4.39 Å². The Balaban J connectivity index is 1.41. The molecule has 0 bridgehead atoms. The summed E-state index contributed by atoms with van der Waals surface area (Å²) in [5, 5.41) is 0. The molecule has 1 saturated heterocycles. The van der Waals surface area contributed by atoms with Crippen LogP contribution in [0.3, 0.4) is 0 Å². The summed E-state index contributed by atoms with van der Waals surface area (Å²) in [5.41, 5.74) is 0.383. The Hall–Kier alpha value is -2.63. The van der Waals surface area contributed by atoms with E-state index in [-0.39, 0.29) is 17.6 Å². The van der Waals surface area contributed by atoms with Crippen molar-refractivity contribution in [1.29, 1.82) is 0 Å². The molecule has 2 aromatic rings. The number of halogens is 1. The Morgan fingerprint density at radius 1 is 0.960 bits per heavy atom. The smallest absolute Gasteiger partial charge is 0.289 e. The number of carbonyl (C=O) groups excluding carboxylic acids is 2. The van der Waals surface area contributed by atoms with Gasteiger partial charge >= 0.3 is 0 Å². The van der Waals surface area contributed by atoms with Gasteiger partial charge in [-0.2, -0.15) is 0 Å². The Kier molecular flexibility index (Phi) is 3.82. The summed E-state index contributed by atoms with van der Waals surface area (Å²) >= 11 is 0. The van der Waals surface area contributed by atoms with E-state index in [1.807, 2.05) is 4.90 Å². The highest BCUT2D eigenvalue weighted by Gasteiger charge is 2.53. The second kappa shape index (κ2) is 6.02. The minimum atomic E-state index is -0.499. The Labute approximate surface area is 145 Å². The number of amides is 2. The van der Waals surface area contributed by atoms with Crippen molar-refractivity contribution in [2.45, 2.75) is 18.3 Å². The fraction of sp³-hybridized carbons (Fsp3) is 0.368. The second-order valence-corrected chi connectivity index (χ2v) is 6.65. The maximum absolute atomic E-state index is 13.1. The molecule has 5 nitrogen and oxygen atoms in total. The highest BCUT2D eigenvalue weighted by atomic mass is 19.1. The third kappa shape index (κ3) is 2.81. The van der Waals surface area contributed by atoms with Crippen molar-refractivity contribution in [3.63, 3.8) is 0 Å². The molecule has 2 aliphatic rings. The lowest BCUT2D eigenvalue weighted by molar-refractivity contribution is -0.135. The summed E-state index contributed by atoms with van der Waals surface area (Å²) in [5.74, 6) is -0.0252. The van der Waals surface area contributed by atoms with E-state index >= 15 is 0 Å². The van der Waals surface area contributed by atoms with Gasteiger partial charge in [0.15, 0.2) is 5.76 Å². The molecule has 1 aromatic heterocycles. The number of piperazine rings is 1. The summed E-state index contributed by atoms with van der Waals surface area (Å²) in [6, 6.07) is 9.55. The maximum Gasteiger partial charge on any atom is 0.289 e. The molecule has 1 aliphatic carbocycles. The van der Waals surface area contributed by atoms with Gasteiger partial charge in [-0.1, -0.05) is 12.1 Å². The minimum Gasteiger partial charge on any atom is -0.459 e. The van der Waals surface area contributed by atoms with Crippen LogP contribution in [0.5, 0.6) is 0 Å². The van der Waals surface area contributed by atoms with Crippen molar-refractivity contribution >= 4 is 11.8 Å². The normalized spacial score (nSPS) is 18.9. The standard InChI is InChI=1S/C19H19FN2O3/c20-15-5-3-14(4-6-15)19(7-8-19)18(24)22-11-9-21(10-12-22)17(23)16-2-1-13-25-16/h1-6,13H,7-12H2. The van der Waals surface area contributed by atoms with Crippen LogP contribution in [-0.2, 0) is 10.2 Å². The van der Waals surface area contributed by atoms with Crippen LogP contribution in [-0.4, -0.2) is 47.8 Å². The Bertz CT molecular complexity index is 774. The lowest BCUT2D eigenvalue weighted by Gasteiger charge is -2.36. The zero-order chi connectivity index (χ0) is 17.4. The van der Waals surface area contributed by atoms with Crippen molar-refractivity contribution in [1.82, 2.24) is 9.80 Å². The summed E-state index contributed by atoms with van der Waals surface area (Å²) in [7, 11) is 0. The highest BCUT2D eigenvalue weighted by molar-refractivity contribution is 5.93. The van der Waals surface area contributed by atoms with Gasteiger partial charge in [-0.3, -0.25) is 9.59 Å². The zero-order valence-corrected chi connectivity index (χ0v) is 13.8. The summed E-state index contributed by atoms with van der Waals surface area (Å²) in [4.78, 5) is 28.8. The van der Waals surface area contributed by atoms with E-state index in [4.69, 9.17) is 4.42 Å². The van der Waals surface area contributed by atoms with Gasteiger partial charge in [0.1, 0.15) is 5.82 Å². The van der Waals surface area contributed by atoms with Crippen molar-refractivity contribution in [2.75, 3.05) is 26.2 Å². The first kappa shape index (κ1) is 15.9. The van der Waals surface area contributed by atoms with Crippen LogP contribution in [0.4, 0.5) is 4.39 Å². The molecule has 0 radical (unpaired) electrons. The van der Waals surface area contributed by atoms with Gasteiger partial charge in [0.05, 0.1) is 11.7 Å². The summed E-state index contributed by atoms with van der Waals surface area (Å²) in [6.45, 7) is 2.00. The molecule has 0 N–H and O–H groups in total. The SMILES string of the molecule is O=C(c1ccco1)N1CCN(C(=O)C2(c3ccc(F)cc3)CC2)CC1. The van der Waals surface area contributed by atoms with Crippen molar-refractivity contribution < 1.29 is 18.4 Å². The number of carbonyl (C=O) groups is 2. The van der Waals surface area contributed by atoms with Gasteiger partial charge < -0.3 is 14.2 Å². The minimum absolute atomic E-state index is 0.0872. The van der Waals surface area contributed by atoms with E-state index < -0.39 is 5.41 Å². The van der Waals surface area contributed by atoms with E-state index in [1.54, 1.807) is 29.2 Å². The Morgan fingerprint density at radius 2 is 1.60 bits per heavy atom. The summed E-state index contributed by atoms with van der Waals surface area (Å²) < 4.78 is 18.3. The molecular formula is C19H19FN2O3. The molecule has 6 heteroatoms. The first-order valence-corrected chi connectivity index (χ1v) is 8.48. The monoisotopic (exact) mass is 342 g/mol. The van der Waals surface area contributed by atoms with Crippen LogP contribution in [0.25, 0.3) is 0 Å². The molecule has 0 spiro atoms. The Morgan fingerprint density at radius 3 is 2.16 bits per heavy atom. The van der Waals surface area contributed by atoms with E-state index in [0.29, 0.717) is 31.9 Å². The molecule has 0 atom stereocenters.